The summed E-state index contributed by atoms with van der Waals surface area (Å²) in [5.41, 5.74) is 6.02. The van der Waals surface area contributed by atoms with Gasteiger partial charge in [-0.05, 0) is 26.8 Å². The summed E-state index contributed by atoms with van der Waals surface area (Å²) >= 11 is 0. The Labute approximate surface area is 137 Å². The van der Waals surface area contributed by atoms with E-state index in [0.29, 0.717) is 19.2 Å². The molecule has 2 fully saturated rings. The third-order valence-electron chi connectivity index (χ3n) is 4.22. The van der Waals surface area contributed by atoms with Gasteiger partial charge < -0.3 is 20.1 Å². The molecule has 3 rings (SSSR count). The average molecular weight is 321 g/mol. The lowest BCUT2D eigenvalue weighted by atomic mass is 9.82. The molecule has 1 saturated heterocycles. The fourth-order valence-electron chi connectivity index (χ4n) is 3.12. The number of aromatic nitrogens is 2. The van der Waals surface area contributed by atoms with Gasteiger partial charge in [0.15, 0.2) is 5.96 Å². The van der Waals surface area contributed by atoms with E-state index in [9.17, 15) is 0 Å². The molecule has 2 N–H and O–H groups in total. The molecule has 0 amide bonds. The minimum atomic E-state index is -0.180. The van der Waals surface area contributed by atoms with Crippen LogP contribution in [0.2, 0.25) is 0 Å². The maximum absolute atomic E-state index is 6.20. The minimum absolute atomic E-state index is 0.101. The van der Waals surface area contributed by atoms with Crippen molar-refractivity contribution in [1.29, 1.82) is 0 Å². The van der Waals surface area contributed by atoms with Crippen LogP contribution in [0.4, 0.5) is 0 Å². The summed E-state index contributed by atoms with van der Waals surface area (Å²) in [6, 6.07) is 2.13. The van der Waals surface area contributed by atoms with Crippen molar-refractivity contribution < 1.29 is 9.47 Å². The van der Waals surface area contributed by atoms with Crippen molar-refractivity contribution >= 4 is 5.96 Å². The number of nitrogens with zero attached hydrogens (tertiary/aromatic N) is 4. The van der Waals surface area contributed by atoms with E-state index in [1.165, 1.54) is 0 Å². The summed E-state index contributed by atoms with van der Waals surface area (Å²) < 4.78 is 13.5. The Morgan fingerprint density at radius 2 is 2.09 bits per heavy atom. The van der Waals surface area contributed by atoms with E-state index in [2.05, 4.69) is 30.8 Å². The molecule has 7 heteroatoms. The predicted molar refractivity (Wildman–Crippen MR) is 88.3 cm³/mol. The Bertz CT molecular complexity index is 531. The summed E-state index contributed by atoms with van der Waals surface area (Å²) in [4.78, 5) is 6.83. The zero-order chi connectivity index (χ0) is 16.4. The van der Waals surface area contributed by atoms with E-state index in [4.69, 9.17) is 20.2 Å². The Hall–Kier alpha value is -1.60. The Balaban J connectivity index is 1.71. The fourth-order valence-corrected chi connectivity index (χ4v) is 3.12. The number of guanidine groups is 1. The topological polar surface area (TPSA) is 77.9 Å². The first-order valence-corrected chi connectivity index (χ1v) is 8.27. The van der Waals surface area contributed by atoms with Crippen molar-refractivity contribution in [3.05, 3.63) is 18.5 Å². The zero-order valence-corrected chi connectivity index (χ0v) is 14.2. The number of aliphatic imine (C=N–C) groups is 1. The lowest BCUT2D eigenvalue weighted by Gasteiger charge is -2.45. The highest BCUT2D eigenvalue weighted by molar-refractivity contribution is 5.78. The fraction of sp³-hybridized carbons (Fsp3) is 0.750. The standard InChI is InChI=1S/C16H27N5O2/c1-16(2,3)23-13-11-12(14(13)21-6-4-5-18-21)19-15(17)20-7-9-22-10-8-20/h4-6,12-14H,7-11H2,1-3H3,(H2,17,19). The molecule has 0 aromatic carbocycles. The number of ether oxygens (including phenoxy) is 2. The second-order valence-corrected chi connectivity index (χ2v) is 7.14. The second kappa shape index (κ2) is 6.49. The highest BCUT2D eigenvalue weighted by atomic mass is 16.5. The molecule has 1 aliphatic heterocycles. The second-order valence-electron chi connectivity index (χ2n) is 7.14. The van der Waals surface area contributed by atoms with Crippen molar-refractivity contribution in [2.75, 3.05) is 26.3 Å². The van der Waals surface area contributed by atoms with Gasteiger partial charge in [-0.2, -0.15) is 5.10 Å². The normalized spacial score (nSPS) is 29.4. The van der Waals surface area contributed by atoms with Gasteiger partial charge >= 0.3 is 0 Å². The van der Waals surface area contributed by atoms with E-state index in [-0.39, 0.29) is 23.8 Å². The zero-order valence-electron chi connectivity index (χ0n) is 14.2. The Morgan fingerprint density at radius 1 is 1.35 bits per heavy atom. The number of nitrogens with two attached hydrogens (primary N) is 1. The molecule has 0 spiro atoms. The van der Waals surface area contributed by atoms with Crippen LogP contribution in [0.1, 0.15) is 33.2 Å². The maximum Gasteiger partial charge on any atom is 0.191 e. The van der Waals surface area contributed by atoms with Crippen molar-refractivity contribution in [2.24, 2.45) is 10.7 Å². The SMILES string of the molecule is CC(C)(C)OC1CC(N=C(N)N2CCOCC2)C1n1cccn1. The van der Waals surface area contributed by atoms with Crippen LogP contribution in [0.3, 0.4) is 0 Å². The molecule has 3 atom stereocenters. The molecule has 0 bridgehead atoms. The van der Waals surface area contributed by atoms with Gasteiger partial charge in [-0.1, -0.05) is 0 Å². The molecule has 1 aliphatic carbocycles. The van der Waals surface area contributed by atoms with Gasteiger partial charge in [0.1, 0.15) is 6.04 Å². The van der Waals surface area contributed by atoms with E-state index in [1.807, 2.05) is 16.9 Å². The highest BCUT2D eigenvalue weighted by Crippen LogP contribution is 2.39. The number of morpholine rings is 1. The van der Waals surface area contributed by atoms with E-state index in [0.717, 1.165) is 19.5 Å². The van der Waals surface area contributed by atoms with E-state index >= 15 is 0 Å². The predicted octanol–water partition coefficient (Wildman–Crippen LogP) is 1.03. The minimum Gasteiger partial charge on any atom is -0.378 e. The molecule has 2 heterocycles. The van der Waals surface area contributed by atoms with Crippen LogP contribution in [-0.2, 0) is 9.47 Å². The molecule has 1 aromatic heterocycles. The summed E-state index contributed by atoms with van der Waals surface area (Å²) in [5.74, 6) is 0.602. The van der Waals surface area contributed by atoms with Crippen LogP contribution in [0.15, 0.2) is 23.5 Å². The number of hydrogen-bond donors (Lipinski definition) is 1. The third kappa shape index (κ3) is 3.84. The summed E-state index contributed by atoms with van der Waals surface area (Å²) in [5, 5.41) is 4.38. The molecule has 0 radical (unpaired) electrons. The summed E-state index contributed by atoms with van der Waals surface area (Å²) in [7, 11) is 0. The maximum atomic E-state index is 6.20. The third-order valence-corrected chi connectivity index (χ3v) is 4.22. The first-order chi connectivity index (χ1) is 10.9. The molecule has 3 unspecified atom stereocenters. The molecule has 128 valence electrons. The van der Waals surface area contributed by atoms with Crippen molar-refractivity contribution in [3.63, 3.8) is 0 Å². The first-order valence-electron chi connectivity index (χ1n) is 8.27. The van der Waals surface area contributed by atoms with E-state index in [1.54, 1.807) is 6.20 Å². The number of hydrogen-bond acceptors (Lipinski definition) is 4. The van der Waals surface area contributed by atoms with Gasteiger partial charge in [-0.3, -0.25) is 4.68 Å². The molecule has 1 saturated carbocycles. The summed E-state index contributed by atoms with van der Waals surface area (Å²) in [6.45, 7) is 9.24. The van der Waals surface area contributed by atoms with Crippen molar-refractivity contribution in [1.82, 2.24) is 14.7 Å². The molecule has 23 heavy (non-hydrogen) atoms. The first kappa shape index (κ1) is 16.3. The van der Waals surface area contributed by atoms with E-state index < -0.39 is 0 Å². The average Bonchev–Trinajstić information content (AvgIpc) is 2.98. The smallest absolute Gasteiger partial charge is 0.191 e. The van der Waals surface area contributed by atoms with Crippen LogP contribution < -0.4 is 5.73 Å². The van der Waals surface area contributed by atoms with Crippen LogP contribution in [0.5, 0.6) is 0 Å². The van der Waals surface area contributed by atoms with Crippen LogP contribution in [-0.4, -0.2) is 64.7 Å². The summed E-state index contributed by atoms with van der Waals surface area (Å²) in [6.07, 6.45) is 4.74. The van der Waals surface area contributed by atoms with Gasteiger partial charge in [0.25, 0.3) is 0 Å². The van der Waals surface area contributed by atoms with Gasteiger partial charge in [-0.15, -0.1) is 0 Å². The molecule has 1 aromatic rings. The van der Waals surface area contributed by atoms with Gasteiger partial charge in [0.2, 0.25) is 0 Å². The lowest BCUT2D eigenvalue weighted by molar-refractivity contribution is -0.128. The molecule has 7 nitrogen and oxygen atoms in total. The largest absolute Gasteiger partial charge is 0.378 e. The molecule has 2 aliphatic rings. The van der Waals surface area contributed by atoms with Crippen LogP contribution in [0, 0.1) is 0 Å². The lowest BCUT2D eigenvalue weighted by Crippen LogP contribution is -2.52. The van der Waals surface area contributed by atoms with Crippen molar-refractivity contribution in [3.8, 4) is 0 Å². The van der Waals surface area contributed by atoms with Crippen LogP contribution >= 0.6 is 0 Å². The van der Waals surface area contributed by atoms with Crippen LogP contribution in [0.25, 0.3) is 0 Å². The van der Waals surface area contributed by atoms with Gasteiger partial charge in [0.05, 0.1) is 31.0 Å². The Morgan fingerprint density at radius 3 is 2.70 bits per heavy atom. The quantitative estimate of drug-likeness (QED) is 0.664. The molecular weight excluding hydrogens is 294 g/mol. The monoisotopic (exact) mass is 321 g/mol. The van der Waals surface area contributed by atoms with Gasteiger partial charge in [0, 0.05) is 31.9 Å². The van der Waals surface area contributed by atoms with Gasteiger partial charge in [-0.25, -0.2) is 4.99 Å². The molecular formula is C16H27N5O2. The van der Waals surface area contributed by atoms with Crippen molar-refractivity contribution in [2.45, 2.75) is 51.0 Å². The Kier molecular flexibility index (Phi) is 4.59. The number of rotatable bonds is 3. The highest BCUT2D eigenvalue weighted by Gasteiger charge is 2.45.